The first-order valence-electron chi connectivity index (χ1n) is 10.0. The molecule has 2 aromatic rings. The predicted octanol–water partition coefficient (Wildman–Crippen LogP) is 2.78. The minimum absolute atomic E-state index is 0.0124. The molecule has 2 aliphatic heterocycles. The maximum atomic E-state index is 12.8. The second kappa shape index (κ2) is 8.84. The lowest BCUT2D eigenvalue weighted by atomic mass is 9.97. The third-order valence-electron chi connectivity index (χ3n) is 5.57. The van der Waals surface area contributed by atoms with E-state index < -0.39 is 6.04 Å². The summed E-state index contributed by atoms with van der Waals surface area (Å²) in [5, 5.41) is 6.96. The molecular formula is C21H26N4O2S. The molecule has 1 aromatic carbocycles. The van der Waals surface area contributed by atoms with Crippen LogP contribution in [0.5, 0.6) is 0 Å². The van der Waals surface area contributed by atoms with Crippen molar-refractivity contribution < 1.29 is 9.59 Å². The summed E-state index contributed by atoms with van der Waals surface area (Å²) in [6, 6.07) is 9.29. The molecule has 0 radical (unpaired) electrons. The number of nitrogens with one attached hydrogen (secondary N) is 2. The van der Waals surface area contributed by atoms with Crippen molar-refractivity contribution >= 4 is 28.3 Å². The summed E-state index contributed by atoms with van der Waals surface area (Å²) in [7, 11) is 0. The zero-order valence-electron chi connectivity index (χ0n) is 15.9. The SMILES string of the molecule is O=C(Nc1ncc(C2CCNCC2)s1)C1CCCN1C(=O)Cc1ccccc1. The summed E-state index contributed by atoms with van der Waals surface area (Å²) in [6.07, 6.45) is 6.01. The fourth-order valence-electron chi connectivity index (χ4n) is 4.04. The summed E-state index contributed by atoms with van der Waals surface area (Å²) in [5.74, 6) is 0.420. The van der Waals surface area contributed by atoms with Crippen LogP contribution in [0, 0.1) is 0 Å². The first-order chi connectivity index (χ1) is 13.7. The summed E-state index contributed by atoms with van der Waals surface area (Å²) in [4.78, 5) is 32.9. The van der Waals surface area contributed by atoms with Crippen LogP contribution < -0.4 is 10.6 Å². The standard InChI is InChI=1S/C21H26N4O2S/c26-19(13-15-5-2-1-3-6-15)25-12-4-7-17(25)20(27)24-21-23-14-18(28-21)16-8-10-22-11-9-16/h1-3,5-6,14,16-17,22H,4,7-13H2,(H,23,24,27). The summed E-state index contributed by atoms with van der Waals surface area (Å²) >= 11 is 1.56. The fraction of sp³-hybridized carbons (Fsp3) is 0.476. The van der Waals surface area contributed by atoms with Crippen LogP contribution in [0.1, 0.15) is 42.0 Å². The van der Waals surface area contributed by atoms with Gasteiger partial charge < -0.3 is 15.5 Å². The number of aromatic nitrogens is 1. The highest BCUT2D eigenvalue weighted by atomic mass is 32.1. The molecule has 28 heavy (non-hydrogen) atoms. The highest BCUT2D eigenvalue weighted by Crippen LogP contribution is 2.32. The average molecular weight is 399 g/mol. The van der Waals surface area contributed by atoms with E-state index >= 15 is 0 Å². The van der Waals surface area contributed by atoms with E-state index in [2.05, 4.69) is 15.6 Å². The quantitative estimate of drug-likeness (QED) is 0.812. The van der Waals surface area contributed by atoms with Gasteiger partial charge in [-0.1, -0.05) is 30.3 Å². The second-order valence-electron chi connectivity index (χ2n) is 7.49. The summed E-state index contributed by atoms with van der Waals surface area (Å²) in [6.45, 7) is 2.71. The Morgan fingerprint density at radius 1 is 1.18 bits per heavy atom. The topological polar surface area (TPSA) is 74.3 Å². The van der Waals surface area contributed by atoms with E-state index in [0.29, 0.717) is 30.4 Å². The largest absolute Gasteiger partial charge is 0.330 e. The lowest BCUT2D eigenvalue weighted by Gasteiger charge is -2.23. The second-order valence-corrected chi connectivity index (χ2v) is 8.55. The minimum atomic E-state index is -0.401. The molecule has 6 nitrogen and oxygen atoms in total. The number of benzene rings is 1. The van der Waals surface area contributed by atoms with Crippen LogP contribution in [0.2, 0.25) is 0 Å². The van der Waals surface area contributed by atoms with Crippen LogP contribution >= 0.6 is 11.3 Å². The van der Waals surface area contributed by atoms with Gasteiger partial charge in [-0.3, -0.25) is 9.59 Å². The van der Waals surface area contributed by atoms with Crippen molar-refractivity contribution in [3.8, 4) is 0 Å². The van der Waals surface area contributed by atoms with Gasteiger partial charge in [0.15, 0.2) is 5.13 Å². The molecule has 1 aromatic heterocycles. The van der Waals surface area contributed by atoms with Crippen LogP contribution in [-0.4, -0.2) is 47.4 Å². The van der Waals surface area contributed by atoms with E-state index in [1.54, 1.807) is 16.2 Å². The Balaban J connectivity index is 1.37. The minimum Gasteiger partial charge on any atom is -0.330 e. The number of hydrogen-bond acceptors (Lipinski definition) is 5. The molecule has 2 N–H and O–H groups in total. The number of rotatable bonds is 5. The maximum Gasteiger partial charge on any atom is 0.248 e. The Bertz CT molecular complexity index is 817. The number of hydrogen-bond donors (Lipinski definition) is 2. The van der Waals surface area contributed by atoms with Gasteiger partial charge in [0.2, 0.25) is 11.8 Å². The fourth-order valence-corrected chi connectivity index (χ4v) is 5.03. The monoisotopic (exact) mass is 398 g/mol. The molecule has 2 amide bonds. The highest BCUT2D eigenvalue weighted by molar-refractivity contribution is 7.15. The maximum absolute atomic E-state index is 12.8. The van der Waals surface area contributed by atoms with Gasteiger partial charge in [-0.2, -0.15) is 0 Å². The molecule has 0 spiro atoms. The van der Waals surface area contributed by atoms with E-state index in [4.69, 9.17) is 0 Å². The Labute approximate surface area is 169 Å². The molecule has 0 bridgehead atoms. The van der Waals surface area contributed by atoms with Crippen LogP contribution in [0.25, 0.3) is 0 Å². The van der Waals surface area contributed by atoms with Crippen molar-refractivity contribution in [3.63, 3.8) is 0 Å². The first kappa shape index (κ1) is 19.1. The molecule has 148 valence electrons. The van der Waals surface area contributed by atoms with E-state index in [9.17, 15) is 9.59 Å². The van der Waals surface area contributed by atoms with Crippen molar-refractivity contribution in [1.29, 1.82) is 0 Å². The van der Waals surface area contributed by atoms with Crippen LogP contribution in [-0.2, 0) is 16.0 Å². The third-order valence-corrected chi connectivity index (χ3v) is 6.64. The van der Waals surface area contributed by atoms with Crippen LogP contribution in [0.4, 0.5) is 5.13 Å². The zero-order chi connectivity index (χ0) is 19.3. The van der Waals surface area contributed by atoms with Gasteiger partial charge in [0.1, 0.15) is 6.04 Å². The van der Waals surface area contributed by atoms with Gasteiger partial charge in [-0.15, -0.1) is 11.3 Å². The van der Waals surface area contributed by atoms with E-state index in [1.807, 2.05) is 36.5 Å². The van der Waals surface area contributed by atoms with Crippen molar-refractivity contribution in [2.75, 3.05) is 25.0 Å². The molecular weight excluding hydrogens is 372 g/mol. The number of nitrogens with zero attached hydrogens (tertiary/aromatic N) is 2. The van der Waals surface area contributed by atoms with Gasteiger partial charge >= 0.3 is 0 Å². The predicted molar refractivity (Wildman–Crippen MR) is 110 cm³/mol. The molecule has 1 unspecified atom stereocenters. The molecule has 2 saturated heterocycles. The number of amides is 2. The van der Waals surface area contributed by atoms with Crippen LogP contribution in [0.15, 0.2) is 36.5 Å². The number of carbonyl (C=O) groups excluding carboxylic acids is 2. The first-order valence-corrected chi connectivity index (χ1v) is 10.8. The van der Waals surface area contributed by atoms with Gasteiger partial charge in [0, 0.05) is 17.6 Å². The number of thiazole rings is 1. The zero-order valence-corrected chi connectivity index (χ0v) is 16.7. The van der Waals surface area contributed by atoms with Crippen molar-refractivity contribution in [3.05, 3.63) is 47.0 Å². The molecule has 7 heteroatoms. The van der Waals surface area contributed by atoms with Gasteiger partial charge in [0.25, 0.3) is 0 Å². The van der Waals surface area contributed by atoms with E-state index in [0.717, 1.165) is 37.9 Å². The molecule has 1 atom stereocenters. The summed E-state index contributed by atoms with van der Waals surface area (Å²) < 4.78 is 0. The number of anilines is 1. The lowest BCUT2D eigenvalue weighted by molar-refractivity contribution is -0.136. The van der Waals surface area contributed by atoms with Crippen molar-refractivity contribution in [2.45, 2.75) is 44.1 Å². The van der Waals surface area contributed by atoms with Gasteiger partial charge in [-0.05, 0) is 50.3 Å². The Hall–Kier alpha value is -2.25. The van der Waals surface area contributed by atoms with Gasteiger partial charge in [0.05, 0.1) is 6.42 Å². The third kappa shape index (κ3) is 4.42. The molecule has 0 aliphatic carbocycles. The Kier molecular flexibility index (Phi) is 6.02. The van der Waals surface area contributed by atoms with Gasteiger partial charge in [-0.25, -0.2) is 4.98 Å². The number of likely N-dealkylation sites (tertiary alicyclic amines) is 1. The highest BCUT2D eigenvalue weighted by Gasteiger charge is 2.34. The average Bonchev–Trinajstić information content (AvgIpc) is 3.39. The van der Waals surface area contributed by atoms with Crippen molar-refractivity contribution in [2.24, 2.45) is 0 Å². The molecule has 4 rings (SSSR count). The van der Waals surface area contributed by atoms with E-state index in [1.165, 1.54) is 4.88 Å². The Morgan fingerprint density at radius 3 is 2.75 bits per heavy atom. The molecule has 2 aliphatic rings. The molecule has 2 fully saturated rings. The molecule has 0 saturated carbocycles. The summed E-state index contributed by atoms with van der Waals surface area (Å²) in [5.41, 5.74) is 0.977. The normalized spacial score (nSPS) is 20.3. The molecule has 3 heterocycles. The number of carbonyl (C=O) groups is 2. The smallest absolute Gasteiger partial charge is 0.248 e. The van der Waals surface area contributed by atoms with Crippen LogP contribution in [0.3, 0.4) is 0 Å². The van der Waals surface area contributed by atoms with E-state index in [-0.39, 0.29) is 11.8 Å². The van der Waals surface area contributed by atoms with Crippen molar-refractivity contribution in [1.82, 2.24) is 15.2 Å². The lowest BCUT2D eigenvalue weighted by Crippen LogP contribution is -2.43. The Morgan fingerprint density at radius 2 is 1.96 bits per heavy atom. The number of piperidine rings is 1.